The van der Waals surface area contributed by atoms with E-state index in [2.05, 4.69) is 20.9 Å². The second-order valence-corrected chi connectivity index (χ2v) is 6.33. The van der Waals surface area contributed by atoms with E-state index in [0.29, 0.717) is 29.7 Å². The summed E-state index contributed by atoms with van der Waals surface area (Å²) in [5.41, 5.74) is 1.61. The molecule has 24 heavy (non-hydrogen) atoms. The van der Waals surface area contributed by atoms with Gasteiger partial charge in [0.25, 0.3) is 5.56 Å². The van der Waals surface area contributed by atoms with Crippen LogP contribution >= 0.6 is 15.9 Å². The average molecular weight is 385 g/mol. The number of hydrogen-bond acceptors (Lipinski definition) is 3. The molecule has 0 saturated carbocycles. The first kappa shape index (κ1) is 16.6. The van der Waals surface area contributed by atoms with Crippen molar-refractivity contribution in [2.24, 2.45) is 0 Å². The number of nitrogens with zero attached hydrogens (tertiary/aromatic N) is 2. The molecule has 3 aromatic rings. The quantitative estimate of drug-likeness (QED) is 0.729. The summed E-state index contributed by atoms with van der Waals surface area (Å²) in [5, 5.41) is 9.69. The number of aliphatic hydroxyl groups excluding tert-OH is 1. The Kier molecular flexibility index (Phi) is 5.23. The highest BCUT2D eigenvalue weighted by Gasteiger charge is 2.08. The molecule has 3 rings (SSSR count). The van der Waals surface area contributed by atoms with Crippen LogP contribution in [0.4, 0.5) is 0 Å². The minimum absolute atomic E-state index is 0.0358. The number of para-hydroxylation sites is 1. The maximum absolute atomic E-state index is 12.7. The zero-order valence-electron chi connectivity index (χ0n) is 13.0. The fourth-order valence-corrected chi connectivity index (χ4v) is 2.96. The monoisotopic (exact) mass is 384 g/mol. The van der Waals surface area contributed by atoms with Crippen LogP contribution in [-0.4, -0.2) is 21.3 Å². The van der Waals surface area contributed by atoms with Crippen molar-refractivity contribution in [3.8, 4) is 0 Å². The molecule has 0 bridgehead atoms. The summed E-state index contributed by atoms with van der Waals surface area (Å²) in [6, 6.07) is 15.2. The van der Waals surface area contributed by atoms with Gasteiger partial charge in [-0.25, -0.2) is 4.98 Å². The van der Waals surface area contributed by atoms with Gasteiger partial charge in [-0.1, -0.05) is 46.3 Å². The highest BCUT2D eigenvalue weighted by molar-refractivity contribution is 9.10. The highest BCUT2D eigenvalue weighted by atomic mass is 79.9. The van der Waals surface area contributed by atoms with Crippen LogP contribution < -0.4 is 5.56 Å². The second-order valence-electron chi connectivity index (χ2n) is 5.41. The van der Waals surface area contributed by atoms with Crippen LogP contribution in [0.3, 0.4) is 0 Å². The van der Waals surface area contributed by atoms with Gasteiger partial charge >= 0.3 is 0 Å². The van der Waals surface area contributed by atoms with Gasteiger partial charge in [0.15, 0.2) is 0 Å². The molecule has 0 saturated heterocycles. The molecule has 122 valence electrons. The van der Waals surface area contributed by atoms with Gasteiger partial charge in [-0.3, -0.25) is 9.36 Å². The van der Waals surface area contributed by atoms with Crippen molar-refractivity contribution < 1.29 is 5.11 Å². The van der Waals surface area contributed by atoms with Crippen LogP contribution in [0.25, 0.3) is 23.1 Å². The molecule has 0 aliphatic heterocycles. The third kappa shape index (κ3) is 3.63. The van der Waals surface area contributed by atoms with E-state index in [-0.39, 0.29) is 12.2 Å². The van der Waals surface area contributed by atoms with Crippen molar-refractivity contribution in [2.45, 2.75) is 13.0 Å². The van der Waals surface area contributed by atoms with Crippen LogP contribution in [0.5, 0.6) is 0 Å². The van der Waals surface area contributed by atoms with Crippen molar-refractivity contribution in [3.63, 3.8) is 0 Å². The maximum Gasteiger partial charge on any atom is 0.261 e. The van der Waals surface area contributed by atoms with Gasteiger partial charge in [0.1, 0.15) is 5.82 Å². The van der Waals surface area contributed by atoms with Gasteiger partial charge in [-0.15, -0.1) is 0 Å². The third-order valence-corrected chi connectivity index (χ3v) is 4.20. The van der Waals surface area contributed by atoms with Crippen molar-refractivity contribution >= 4 is 39.0 Å². The minimum atomic E-state index is -0.0806. The molecule has 0 fully saturated rings. The molecule has 0 atom stereocenters. The van der Waals surface area contributed by atoms with Crippen LogP contribution in [0.2, 0.25) is 0 Å². The largest absolute Gasteiger partial charge is 0.396 e. The van der Waals surface area contributed by atoms with Crippen LogP contribution in [0.15, 0.2) is 57.8 Å². The molecule has 0 unspecified atom stereocenters. The molecule has 2 aromatic carbocycles. The molecule has 0 spiro atoms. The minimum Gasteiger partial charge on any atom is -0.396 e. The molecular formula is C19H17BrN2O2. The molecule has 1 N–H and O–H groups in total. The first-order valence-corrected chi connectivity index (χ1v) is 8.52. The van der Waals surface area contributed by atoms with E-state index < -0.39 is 0 Å². The second kappa shape index (κ2) is 7.55. The zero-order chi connectivity index (χ0) is 16.9. The van der Waals surface area contributed by atoms with Gasteiger partial charge in [-0.05, 0) is 42.3 Å². The van der Waals surface area contributed by atoms with Crippen LogP contribution in [-0.2, 0) is 6.54 Å². The normalized spacial score (nSPS) is 11.4. The lowest BCUT2D eigenvalue weighted by Gasteiger charge is -2.10. The van der Waals surface area contributed by atoms with Crippen LogP contribution in [0.1, 0.15) is 17.8 Å². The number of benzene rings is 2. The Labute approximate surface area is 148 Å². The van der Waals surface area contributed by atoms with Crippen LogP contribution in [0, 0.1) is 0 Å². The van der Waals surface area contributed by atoms with Gasteiger partial charge in [0.2, 0.25) is 0 Å². The molecule has 0 aliphatic carbocycles. The molecule has 4 nitrogen and oxygen atoms in total. The summed E-state index contributed by atoms with van der Waals surface area (Å²) in [6.45, 7) is 0.472. The molecule has 0 amide bonds. The van der Waals surface area contributed by atoms with E-state index in [4.69, 9.17) is 5.11 Å². The molecule has 0 radical (unpaired) electrons. The number of fused-ring (bicyclic) bond motifs is 1. The number of halogens is 1. The number of aliphatic hydroxyl groups is 1. The van der Waals surface area contributed by atoms with Crippen molar-refractivity contribution in [2.75, 3.05) is 6.61 Å². The zero-order valence-corrected chi connectivity index (χ0v) is 14.6. The summed E-state index contributed by atoms with van der Waals surface area (Å²) in [5.74, 6) is 0.590. The Balaban J connectivity index is 2.09. The van der Waals surface area contributed by atoms with Gasteiger partial charge in [-0.2, -0.15) is 0 Å². The Morgan fingerprint density at radius 2 is 1.96 bits per heavy atom. The molecule has 1 aromatic heterocycles. The summed E-state index contributed by atoms with van der Waals surface area (Å²) in [6.07, 6.45) is 4.28. The Morgan fingerprint density at radius 1 is 1.12 bits per heavy atom. The topological polar surface area (TPSA) is 55.1 Å². The SMILES string of the molecule is O=c1c2ccccc2nc(/C=C/c2cccc(Br)c2)n1CCCO. The number of rotatable bonds is 5. The number of aromatic nitrogens is 2. The van der Waals surface area contributed by atoms with E-state index >= 15 is 0 Å². The standard InChI is InChI=1S/C19H17BrN2O2/c20-15-6-3-5-14(13-15)9-10-18-21-17-8-2-1-7-16(17)19(24)22(18)11-4-12-23/h1-3,5-10,13,23H,4,11-12H2/b10-9+. The summed E-state index contributed by atoms with van der Waals surface area (Å²) >= 11 is 3.45. The smallest absolute Gasteiger partial charge is 0.261 e. The fourth-order valence-electron chi connectivity index (χ4n) is 2.54. The summed E-state index contributed by atoms with van der Waals surface area (Å²) in [4.78, 5) is 17.3. The predicted molar refractivity (Wildman–Crippen MR) is 101 cm³/mol. The number of hydrogen-bond donors (Lipinski definition) is 1. The van der Waals surface area contributed by atoms with E-state index in [1.165, 1.54) is 0 Å². The fraction of sp³-hybridized carbons (Fsp3) is 0.158. The Bertz CT molecular complexity index is 947. The van der Waals surface area contributed by atoms with E-state index in [9.17, 15) is 4.79 Å². The van der Waals surface area contributed by atoms with E-state index in [1.54, 1.807) is 10.6 Å². The Hall–Kier alpha value is -2.24. The maximum atomic E-state index is 12.7. The van der Waals surface area contributed by atoms with E-state index in [1.807, 2.05) is 54.6 Å². The lowest BCUT2D eigenvalue weighted by molar-refractivity contribution is 0.278. The van der Waals surface area contributed by atoms with Gasteiger partial charge in [0, 0.05) is 17.6 Å². The predicted octanol–water partition coefficient (Wildman–Crippen LogP) is 3.71. The average Bonchev–Trinajstić information content (AvgIpc) is 2.59. The molecule has 1 heterocycles. The molecular weight excluding hydrogens is 368 g/mol. The Morgan fingerprint density at radius 3 is 2.75 bits per heavy atom. The lowest BCUT2D eigenvalue weighted by atomic mass is 10.2. The third-order valence-electron chi connectivity index (χ3n) is 3.70. The first-order chi connectivity index (χ1) is 11.7. The van der Waals surface area contributed by atoms with Gasteiger partial charge < -0.3 is 5.11 Å². The summed E-state index contributed by atoms with van der Waals surface area (Å²) < 4.78 is 2.61. The van der Waals surface area contributed by atoms with Crippen molar-refractivity contribution in [3.05, 3.63) is 74.7 Å². The lowest BCUT2D eigenvalue weighted by Crippen LogP contribution is -2.24. The van der Waals surface area contributed by atoms with Gasteiger partial charge in [0.05, 0.1) is 10.9 Å². The first-order valence-electron chi connectivity index (χ1n) is 7.73. The molecule has 5 heteroatoms. The van der Waals surface area contributed by atoms with Crippen molar-refractivity contribution in [1.29, 1.82) is 0 Å². The highest BCUT2D eigenvalue weighted by Crippen LogP contribution is 2.15. The molecule has 0 aliphatic rings. The van der Waals surface area contributed by atoms with E-state index in [0.717, 1.165) is 10.0 Å². The van der Waals surface area contributed by atoms with Crippen molar-refractivity contribution in [1.82, 2.24) is 9.55 Å². The summed E-state index contributed by atoms with van der Waals surface area (Å²) in [7, 11) is 0.